The third-order valence-electron chi connectivity index (χ3n) is 4.77. The fraction of sp³-hybridized carbons (Fsp3) is 0.440. The lowest BCUT2D eigenvalue weighted by molar-refractivity contribution is 0.0827. The first-order valence-corrected chi connectivity index (χ1v) is 11.1. The molecule has 0 saturated heterocycles. The number of nitrogens with zero attached hydrogens (tertiary/aromatic N) is 2. The fourth-order valence-electron chi connectivity index (χ4n) is 3.05. The molecule has 0 bridgehead atoms. The molecule has 174 valence electrons. The smallest absolute Gasteiger partial charge is 0.253 e. The van der Waals surface area contributed by atoms with Gasteiger partial charge in [-0.1, -0.05) is 24.3 Å². The normalized spacial score (nSPS) is 11.2. The molecule has 32 heavy (non-hydrogen) atoms. The van der Waals surface area contributed by atoms with Crippen molar-refractivity contribution in [3.63, 3.8) is 0 Å². The van der Waals surface area contributed by atoms with Gasteiger partial charge in [0, 0.05) is 45.9 Å². The first kappa shape index (κ1) is 25.2. The lowest BCUT2D eigenvalue weighted by atomic mass is 10.1. The zero-order valence-electron chi connectivity index (χ0n) is 19.7. The van der Waals surface area contributed by atoms with E-state index < -0.39 is 0 Å². The maximum absolute atomic E-state index is 12.1. The standard InChI is InChI=1S/C25H36N4O3/c1-5-26-25(27-15-7-17-32-19-21-10-12-23(31-4)13-11-21)28-16-14-20-8-6-9-22(18-20)24(30)29(2)3/h6,8-13,18H,5,7,14-17,19H2,1-4H3,(H2,26,27,28). The highest BCUT2D eigenvalue weighted by atomic mass is 16.5. The molecule has 0 atom stereocenters. The minimum Gasteiger partial charge on any atom is -0.497 e. The number of hydrogen-bond acceptors (Lipinski definition) is 4. The highest BCUT2D eigenvalue weighted by molar-refractivity contribution is 5.94. The van der Waals surface area contributed by atoms with Crippen molar-refractivity contribution < 1.29 is 14.3 Å². The molecule has 2 aromatic carbocycles. The molecule has 1 amide bonds. The molecule has 7 heteroatoms. The molecular weight excluding hydrogens is 404 g/mol. The van der Waals surface area contributed by atoms with Crippen molar-refractivity contribution >= 4 is 11.9 Å². The summed E-state index contributed by atoms with van der Waals surface area (Å²) in [5, 5.41) is 6.63. The van der Waals surface area contributed by atoms with Crippen LogP contribution in [0.5, 0.6) is 5.75 Å². The van der Waals surface area contributed by atoms with E-state index in [1.807, 2.05) is 55.5 Å². The minimum absolute atomic E-state index is 0.0175. The lowest BCUT2D eigenvalue weighted by Crippen LogP contribution is -2.38. The number of amides is 1. The van der Waals surface area contributed by atoms with E-state index in [9.17, 15) is 4.79 Å². The Kier molecular flexibility index (Phi) is 11.1. The Morgan fingerprint density at radius 2 is 1.84 bits per heavy atom. The van der Waals surface area contributed by atoms with Crippen molar-refractivity contribution in [2.24, 2.45) is 4.99 Å². The largest absolute Gasteiger partial charge is 0.497 e. The molecule has 0 aliphatic rings. The van der Waals surface area contributed by atoms with Gasteiger partial charge in [0.25, 0.3) is 5.91 Å². The number of methoxy groups -OCH3 is 1. The van der Waals surface area contributed by atoms with Gasteiger partial charge in [0.15, 0.2) is 5.96 Å². The van der Waals surface area contributed by atoms with Gasteiger partial charge < -0.3 is 25.0 Å². The molecule has 0 aromatic heterocycles. The molecule has 2 rings (SSSR count). The van der Waals surface area contributed by atoms with Crippen molar-refractivity contribution in [3.05, 3.63) is 65.2 Å². The predicted molar refractivity (Wildman–Crippen MR) is 129 cm³/mol. The van der Waals surface area contributed by atoms with Crippen molar-refractivity contribution in [1.29, 1.82) is 0 Å². The van der Waals surface area contributed by atoms with Crippen molar-refractivity contribution in [1.82, 2.24) is 15.5 Å². The second-order valence-corrected chi connectivity index (χ2v) is 7.59. The summed E-state index contributed by atoms with van der Waals surface area (Å²) in [6.45, 7) is 5.51. The quantitative estimate of drug-likeness (QED) is 0.301. The van der Waals surface area contributed by atoms with Crippen LogP contribution in [0.3, 0.4) is 0 Å². The number of carbonyl (C=O) groups excluding carboxylic acids is 1. The molecule has 0 fully saturated rings. The summed E-state index contributed by atoms with van der Waals surface area (Å²) >= 11 is 0. The number of benzene rings is 2. The van der Waals surface area contributed by atoms with Gasteiger partial charge in [-0.15, -0.1) is 0 Å². The third kappa shape index (κ3) is 8.98. The van der Waals surface area contributed by atoms with Crippen LogP contribution >= 0.6 is 0 Å². The first-order chi connectivity index (χ1) is 15.5. The van der Waals surface area contributed by atoms with Crippen LogP contribution in [0.1, 0.15) is 34.8 Å². The summed E-state index contributed by atoms with van der Waals surface area (Å²) in [5.74, 6) is 1.66. The number of rotatable bonds is 12. The zero-order valence-corrected chi connectivity index (χ0v) is 19.7. The molecule has 0 heterocycles. The molecular formula is C25H36N4O3. The van der Waals surface area contributed by atoms with Gasteiger partial charge in [-0.2, -0.15) is 0 Å². The molecule has 2 N–H and O–H groups in total. The summed E-state index contributed by atoms with van der Waals surface area (Å²) in [4.78, 5) is 18.3. The second-order valence-electron chi connectivity index (χ2n) is 7.59. The van der Waals surface area contributed by atoms with Crippen LogP contribution in [-0.4, -0.2) is 64.2 Å². The summed E-state index contributed by atoms with van der Waals surface area (Å²) in [5.41, 5.74) is 2.95. The summed E-state index contributed by atoms with van der Waals surface area (Å²) < 4.78 is 10.9. The molecule has 0 aliphatic carbocycles. The Morgan fingerprint density at radius 1 is 1.06 bits per heavy atom. The first-order valence-electron chi connectivity index (χ1n) is 11.1. The molecule has 0 saturated carbocycles. The van der Waals surface area contributed by atoms with Crippen LogP contribution in [0.25, 0.3) is 0 Å². The van der Waals surface area contributed by atoms with Crippen LogP contribution in [0.4, 0.5) is 0 Å². The van der Waals surface area contributed by atoms with Gasteiger partial charge >= 0.3 is 0 Å². The van der Waals surface area contributed by atoms with Crippen LogP contribution in [0, 0.1) is 0 Å². The lowest BCUT2D eigenvalue weighted by Gasteiger charge is -2.13. The van der Waals surface area contributed by atoms with E-state index in [1.165, 1.54) is 0 Å². The summed E-state index contributed by atoms with van der Waals surface area (Å²) in [7, 11) is 5.19. The van der Waals surface area contributed by atoms with Gasteiger partial charge in [-0.25, -0.2) is 0 Å². The van der Waals surface area contributed by atoms with Gasteiger partial charge in [-0.3, -0.25) is 9.79 Å². The SMILES string of the molecule is CCNC(=NCCCOCc1ccc(OC)cc1)NCCc1cccc(C(=O)N(C)C)c1. The van der Waals surface area contributed by atoms with E-state index in [0.29, 0.717) is 25.3 Å². The Balaban J connectivity index is 1.71. The van der Waals surface area contributed by atoms with Gasteiger partial charge in [0.05, 0.1) is 13.7 Å². The number of nitrogens with one attached hydrogen (secondary N) is 2. The molecule has 0 spiro atoms. The number of carbonyl (C=O) groups is 1. The average Bonchev–Trinajstić information content (AvgIpc) is 2.81. The monoisotopic (exact) mass is 440 g/mol. The number of aliphatic imine (C=N–C) groups is 1. The summed E-state index contributed by atoms with van der Waals surface area (Å²) in [6.07, 6.45) is 1.66. The Bertz CT molecular complexity index is 851. The molecule has 0 unspecified atom stereocenters. The topological polar surface area (TPSA) is 75.2 Å². The van der Waals surface area contributed by atoms with Crippen molar-refractivity contribution in [3.8, 4) is 5.75 Å². The van der Waals surface area contributed by atoms with Crippen molar-refractivity contribution in [2.45, 2.75) is 26.4 Å². The van der Waals surface area contributed by atoms with Crippen LogP contribution in [0.2, 0.25) is 0 Å². The Hall–Kier alpha value is -3.06. The zero-order chi connectivity index (χ0) is 23.2. The minimum atomic E-state index is 0.0175. The molecule has 7 nitrogen and oxygen atoms in total. The Labute approximate surface area is 191 Å². The van der Waals surface area contributed by atoms with E-state index in [0.717, 1.165) is 48.8 Å². The van der Waals surface area contributed by atoms with Crippen LogP contribution < -0.4 is 15.4 Å². The number of guanidine groups is 1. The maximum Gasteiger partial charge on any atom is 0.253 e. The van der Waals surface area contributed by atoms with E-state index in [1.54, 1.807) is 26.1 Å². The summed E-state index contributed by atoms with van der Waals surface area (Å²) in [6, 6.07) is 15.7. The highest BCUT2D eigenvalue weighted by Gasteiger charge is 2.08. The van der Waals surface area contributed by atoms with Gasteiger partial charge in [0.2, 0.25) is 0 Å². The van der Waals surface area contributed by atoms with E-state index >= 15 is 0 Å². The van der Waals surface area contributed by atoms with Crippen LogP contribution in [0.15, 0.2) is 53.5 Å². The van der Waals surface area contributed by atoms with Gasteiger partial charge in [-0.05, 0) is 55.2 Å². The van der Waals surface area contributed by atoms with E-state index in [2.05, 4.69) is 15.6 Å². The predicted octanol–water partition coefficient (Wildman–Crippen LogP) is 3.10. The van der Waals surface area contributed by atoms with E-state index in [-0.39, 0.29) is 5.91 Å². The molecule has 2 aromatic rings. The average molecular weight is 441 g/mol. The van der Waals surface area contributed by atoms with Crippen LogP contribution in [-0.2, 0) is 17.8 Å². The van der Waals surface area contributed by atoms with Gasteiger partial charge in [0.1, 0.15) is 5.75 Å². The van der Waals surface area contributed by atoms with Crippen molar-refractivity contribution in [2.75, 3.05) is 47.4 Å². The second kappa shape index (κ2) is 14.1. The number of hydrogen-bond donors (Lipinski definition) is 2. The Morgan fingerprint density at radius 3 is 2.53 bits per heavy atom. The van der Waals surface area contributed by atoms with E-state index in [4.69, 9.17) is 9.47 Å². The highest BCUT2D eigenvalue weighted by Crippen LogP contribution is 2.12. The number of ether oxygens (including phenoxy) is 2. The third-order valence-corrected chi connectivity index (χ3v) is 4.77. The molecule has 0 radical (unpaired) electrons. The molecule has 0 aliphatic heterocycles. The maximum atomic E-state index is 12.1. The fourth-order valence-corrected chi connectivity index (χ4v) is 3.05.